The molecule has 2 aromatic heterocycles. The summed E-state index contributed by atoms with van der Waals surface area (Å²) in [5.74, 6) is -2.23. The van der Waals surface area contributed by atoms with E-state index in [9.17, 15) is 19.5 Å². The van der Waals surface area contributed by atoms with Crippen molar-refractivity contribution in [2.75, 3.05) is 18.1 Å². The van der Waals surface area contributed by atoms with Gasteiger partial charge in [-0.1, -0.05) is 42.2 Å². The minimum atomic E-state index is -1.02. The molecule has 0 radical (unpaired) electrons. The van der Waals surface area contributed by atoms with Crippen LogP contribution in [-0.4, -0.2) is 45.9 Å². The Hall–Kier alpha value is -4.31. The normalized spacial score (nSPS) is 16.7. The van der Waals surface area contributed by atoms with Crippen molar-refractivity contribution < 1.29 is 29.0 Å². The van der Waals surface area contributed by atoms with Gasteiger partial charge in [-0.3, -0.25) is 19.5 Å². The number of carbonyl (C=O) groups is 3. The van der Waals surface area contributed by atoms with Crippen molar-refractivity contribution in [2.24, 2.45) is 0 Å². The van der Waals surface area contributed by atoms with Crippen molar-refractivity contribution in [1.82, 2.24) is 9.97 Å². The maximum atomic E-state index is 13.3. The fraction of sp³-hybridized carbons (Fsp3) is 0.192. The molecule has 3 aromatic rings. The van der Waals surface area contributed by atoms with Gasteiger partial charge < -0.3 is 14.6 Å². The number of aliphatic hydroxyl groups is 1. The molecule has 1 aliphatic rings. The van der Waals surface area contributed by atoms with E-state index in [4.69, 9.17) is 9.47 Å². The molecular weight excluding hydrogens is 482 g/mol. The van der Waals surface area contributed by atoms with Gasteiger partial charge in [-0.2, -0.15) is 0 Å². The number of pyridine rings is 1. The van der Waals surface area contributed by atoms with E-state index < -0.39 is 23.7 Å². The number of ether oxygens (including phenoxy) is 2. The number of rotatable bonds is 8. The lowest BCUT2D eigenvalue weighted by molar-refractivity contribution is -0.132. The van der Waals surface area contributed by atoms with Crippen LogP contribution in [0.3, 0.4) is 0 Å². The van der Waals surface area contributed by atoms with Crippen LogP contribution >= 0.6 is 11.3 Å². The lowest BCUT2D eigenvalue weighted by atomic mass is 9.96. The van der Waals surface area contributed by atoms with Crippen molar-refractivity contribution >= 4 is 39.9 Å². The van der Waals surface area contributed by atoms with Gasteiger partial charge in [0.1, 0.15) is 23.0 Å². The summed E-state index contributed by atoms with van der Waals surface area (Å²) in [7, 11) is 0. The first kappa shape index (κ1) is 24.8. The maximum Gasteiger partial charge on any atom is 0.350 e. The first-order valence-corrected chi connectivity index (χ1v) is 11.9. The van der Waals surface area contributed by atoms with Crippen LogP contribution in [0.2, 0.25) is 0 Å². The number of carbonyl (C=O) groups excluding carboxylic acids is 3. The number of benzene rings is 1. The third-order valence-electron chi connectivity index (χ3n) is 5.37. The molecule has 0 bridgehead atoms. The van der Waals surface area contributed by atoms with Crippen LogP contribution in [0.25, 0.3) is 5.76 Å². The molecule has 0 saturated carbocycles. The summed E-state index contributed by atoms with van der Waals surface area (Å²) in [5.41, 5.74) is 1.03. The zero-order valence-corrected chi connectivity index (χ0v) is 20.4. The van der Waals surface area contributed by atoms with Gasteiger partial charge in [0.15, 0.2) is 5.13 Å². The SMILES string of the molecule is C=CCOC(=O)c1sc(N2C(=O)C(=O)C(=C(O)c3cccc(OCC)c3)C2c2cccnc2)nc1C. The molecule has 1 amide bonds. The first-order chi connectivity index (χ1) is 17.4. The largest absolute Gasteiger partial charge is 0.507 e. The van der Waals surface area contributed by atoms with Crippen LogP contribution in [0, 0.1) is 6.92 Å². The van der Waals surface area contributed by atoms with E-state index in [1.54, 1.807) is 49.5 Å². The van der Waals surface area contributed by atoms with Gasteiger partial charge in [0.05, 0.1) is 23.9 Å². The standard InChI is InChI=1S/C26H23N3O6S/c1-4-12-35-25(33)23-15(3)28-26(36-23)29-20(17-9-7-11-27-14-17)19(22(31)24(29)32)21(30)16-8-6-10-18(13-16)34-5-2/h4,6-11,13-14,20,30H,1,5,12H2,2-3H3. The van der Waals surface area contributed by atoms with Gasteiger partial charge >= 0.3 is 11.9 Å². The summed E-state index contributed by atoms with van der Waals surface area (Å²) in [6.45, 7) is 7.41. The second-order valence-electron chi connectivity index (χ2n) is 7.71. The Morgan fingerprint density at radius 2 is 2.08 bits per heavy atom. The fourth-order valence-corrected chi connectivity index (χ4v) is 4.80. The van der Waals surface area contributed by atoms with E-state index in [0.717, 1.165) is 11.3 Å². The van der Waals surface area contributed by atoms with Gasteiger partial charge in [-0.05, 0) is 37.6 Å². The molecule has 10 heteroatoms. The predicted octanol–water partition coefficient (Wildman–Crippen LogP) is 4.21. The van der Waals surface area contributed by atoms with Gasteiger partial charge in [0.25, 0.3) is 5.78 Å². The molecule has 1 N–H and O–H groups in total. The van der Waals surface area contributed by atoms with Gasteiger partial charge in [0, 0.05) is 18.0 Å². The fourth-order valence-electron chi connectivity index (χ4n) is 3.81. The number of ketones is 1. The van der Waals surface area contributed by atoms with Crippen molar-refractivity contribution in [1.29, 1.82) is 0 Å². The van der Waals surface area contributed by atoms with Crippen LogP contribution in [0.4, 0.5) is 5.13 Å². The highest BCUT2D eigenvalue weighted by Crippen LogP contribution is 2.43. The average molecular weight is 506 g/mol. The van der Waals surface area contributed by atoms with E-state index in [2.05, 4.69) is 16.5 Å². The molecule has 4 rings (SSSR count). The summed E-state index contributed by atoms with van der Waals surface area (Å²) in [6.07, 6.45) is 4.51. The van der Waals surface area contributed by atoms with Gasteiger partial charge in [-0.25, -0.2) is 9.78 Å². The number of aromatic nitrogens is 2. The molecule has 1 aliphatic heterocycles. The molecular formula is C26H23N3O6S. The lowest BCUT2D eigenvalue weighted by Crippen LogP contribution is -2.29. The molecule has 36 heavy (non-hydrogen) atoms. The van der Waals surface area contributed by atoms with Crippen LogP contribution in [0.15, 0.2) is 67.0 Å². The highest BCUT2D eigenvalue weighted by atomic mass is 32.1. The smallest absolute Gasteiger partial charge is 0.350 e. The third-order valence-corrected chi connectivity index (χ3v) is 6.51. The maximum absolute atomic E-state index is 13.3. The van der Waals surface area contributed by atoms with E-state index in [0.29, 0.717) is 29.2 Å². The number of anilines is 1. The van der Waals surface area contributed by atoms with Crippen molar-refractivity contribution in [2.45, 2.75) is 19.9 Å². The topological polar surface area (TPSA) is 119 Å². The Kier molecular flexibility index (Phi) is 7.25. The van der Waals surface area contributed by atoms with E-state index >= 15 is 0 Å². The second-order valence-corrected chi connectivity index (χ2v) is 8.69. The minimum Gasteiger partial charge on any atom is -0.507 e. The molecule has 184 valence electrons. The van der Waals surface area contributed by atoms with E-state index in [-0.39, 0.29) is 27.9 Å². The molecule has 1 fully saturated rings. The molecule has 3 heterocycles. The monoisotopic (exact) mass is 505 g/mol. The van der Waals surface area contributed by atoms with Crippen molar-refractivity contribution in [3.05, 3.63) is 88.7 Å². The predicted molar refractivity (Wildman–Crippen MR) is 134 cm³/mol. The number of hydrogen-bond acceptors (Lipinski definition) is 9. The highest BCUT2D eigenvalue weighted by Gasteiger charge is 2.48. The summed E-state index contributed by atoms with van der Waals surface area (Å²) in [5, 5.41) is 11.4. The second kappa shape index (κ2) is 10.5. The first-order valence-electron chi connectivity index (χ1n) is 11.1. The average Bonchev–Trinajstić information content (AvgIpc) is 3.39. The van der Waals surface area contributed by atoms with Crippen molar-refractivity contribution in [3.8, 4) is 5.75 Å². The van der Waals surface area contributed by atoms with E-state index in [1.807, 2.05) is 6.92 Å². The number of aliphatic hydroxyl groups excluding tert-OH is 1. The summed E-state index contributed by atoms with van der Waals surface area (Å²) in [6, 6.07) is 8.96. The number of hydrogen-bond donors (Lipinski definition) is 1. The lowest BCUT2D eigenvalue weighted by Gasteiger charge is -2.22. The number of esters is 1. The Bertz CT molecular complexity index is 1370. The highest BCUT2D eigenvalue weighted by molar-refractivity contribution is 7.17. The molecule has 1 aromatic carbocycles. The Morgan fingerprint density at radius 3 is 2.78 bits per heavy atom. The number of amides is 1. The Labute approximate surface area is 211 Å². The minimum absolute atomic E-state index is 0.0204. The van der Waals surface area contributed by atoms with Gasteiger partial charge in [-0.15, -0.1) is 0 Å². The number of nitrogens with zero attached hydrogens (tertiary/aromatic N) is 3. The molecule has 0 aliphatic carbocycles. The van der Waals surface area contributed by atoms with E-state index in [1.165, 1.54) is 17.2 Å². The summed E-state index contributed by atoms with van der Waals surface area (Å²) >= 11 is 0.926. The number of thiazole rings is 1. The third kappa shape index (κ3) is 4.63. The van der Waals surface area contributed by atoms with Crippen LogP contribution in [0.1, 0.15) is 39.5 Å². The number of Topliss-reactive ketones (excluding diaryl/α,β-unsaturated/α-hetero) is 1. The molecule has 1 saturated heterocycles. The molecule has 9 nitrogen and oxygen atoms in total. The van der Waals surface area contributed by atoms with Gasteiger partial charge in [0.2, 0.25) is 0 Å². The Balaban J connectivity index is 1.86. The summed E-state index contributed by atoms with van der Waals surface area (Å²) < 4.78 is 10.6. The zero-order valence-electron chi connectivity index (χ0n) is 19.6. The summed E-state index contributed by atoms with van der Waals surface area (Å²) in [4.78, 5) is 48.9. The number of aryl methyl sites for hydroxylation is 1. The molecule has 1 unspecified atom stereocenters. The van der Waals surface area contributed by atoms with Crippen LogP contribution in [-0.2, 0) is 14.3 Å². The van der Waals surface area contributed by atoms with Crippen LogP contribution in [0.5, 0.6) is 5.75 Å². The molecule has 1 atom stereocenters. The molecule has 0 spiro atoms. The van der Waals surface area contributed by atoms with Crippen molar-refractivity contribution in [3.63, 3.8) is 0 Å². The zero-order chi connectivity index (χ0) is 25.8. The quantitative estimate of drug-likeness (QED) is 0.159. The van der Waals surface area contributed by atoms with Crippen LogP contribution < -0.4 is 9.64 Å². The Morgan fingerprint density at radius 1 is 1.28 bits per heavy atom.